The Balaban J connectivity index is 1.86. The number of benzene rings is 2. The van der Waals surface area contributed by atoms with Crippen molar-refractivity contribution >= 4 is 23.5 Å². The Kier molecular flexibility index (Phi) is 7.37. The third kappa shape index (κ3) is 7.19. The molecule has 0 heterocycles. The fraction of sp³-hybridized carbons (Fsp3) is 0.250. The Morgan fingerprint density at radius 1 is 1.04 bits per heavy atom. The highest BCUT2D eigenvalue weighted by Crippen LogP contribution is 2.15. The molecule has 0 aliphatic carbocycles. The lowest BCUT2D eigenvalue weighted by molar-refractivity contribution is -0.139. The van der Waals surface area contributed by atoms with Crippen LogP contribution in [0.4, 0.5) is 5.69 Å². The second-order valence-electron chi connectivity index (χ2n) is 5.93. The topological polar surface area (TPSA) is 95.9 Å². The molecule has 0 aromatic heterocycles. The first-order valence-corrected chi connectivity index (χ1v) is 8.48. The van der Waals surface area contributed by atoms with Crippen LogP contribution in [0, 0.1) is 0 Å². The van der Waals surface area contributed by atoms with E-state index in [-0.39, 0.29) is 18.4 Å². The van der Waals surface area contributed by atoms with Crippen LogP contribution in [-0.4, -0.2) is 47.5 Å². The van der Waals surface area contributed by atoms with Crippen molar-refractivity contribution in [1.29, 1.82) is 0 Å². The molecule has 0 spiro atoms. The van der Waals surface area contributed by atoms with Crippen LogP contribution in [-0.2, 0) is 20.8 Å². The molecule has 0 aliphatic rings. The molecule has 0 fully saturated rings. The summed E-state index contributed by atoms with van der Waals surface area (Å²) in [6.45, 7) is 1.42. The van der Waals surface area contributed by atoms with Gasteiger partial charge in [-0.15, -0.1) is 0 Å². The first-order valence-electron chi connectivity index (χ1n) is 8.48. The normalized spacial score (nSPS) is 10.1. The molecule has 7 nitrogen and oxygen atoms in total. The van der Waals surface area contributed by atoms with Crippen LogP contribution in [0.2, 0.25) is 0 Å². The van der Waals surface area contributed by atoms with Gasteiger partial charge >= 0.3 is 5.97 Å². The third-order valence-corrected chi connectivity index (χ3v) is 3.79. The summed E-state index contributed by atoms with van der Waals surface area (Å²) in [7, 11) is 0. The zero-order chi connectivity index (χ0) is 19.6. The lowest BCUT2D eigenvalue weighted by Crippen LogP contribution is -2.37. The second kappa shape index (κ2) is 9.96. The molecule has 2 rings (SSSR count). The molecule has 142 valence electrons. The van der Waals surface area contributed by atoms with Crippen molar-refractivity contribution < 1.29 is 24.2 Å². The Morgan fingerprint density at radius 2 is 1.70 bits per heavy atom. The second-order valence-corrected chi connectivity index (χ2v) is 5.93. The van der Waals surface area contributed by atoms with Gasteiger partial charge in [0.15, 0.2) is 6.61 Å². The molecule has 0 atom stereocenters. The highest BCUT2D eigenvalue weighted by atomic mass is 16.5. The number of ether oxygens (including phenoxy) is 1. The molecular weight excluding hydrogens is 348 g/mol. The summed E-state index contributed by atoms with van der Waals surface area (Å²) in [6.07, 6.45) is 0.670. The highest BCUT2D eigenvalue weighted by Gasteiger charge is 2.14. The maximum absolute atomic E-state index is 12.2. The van der Waals surface area contributed by atoms with Crippen molar-refractivity contribution in [2.75, 3.05) is 25.0 Å². The number of nitrogens with one attached hydrogen (secondary N) is 1. The number of carboxylic acids is 1. The van der Waals surface area contributed by atoms with Crippen LogP contribution in [0.15, 0.2) is 54.6 Å². The molecular formula is C20H22N2O5. The number of carbonyl (C=O) groups is 3. The molecule has 7 heteroatoms. The molecule has 2 amide bonds. The molecule has 2 aromatic rings. The molecule has 0 bridgehead atoms. The minimum absolute atomic E-state index is 0.0422. The van der Waals surface area contributed by atoms with E-state index in [0.29, 0.717) is 24.4 Å². The van der Waals surface area contributed by atoms with Gasteiger partial charge in [0.25, 0.3) is 0 Å². The van der Waals surface area contributed by atoms with Crippen molar-refractivity contribution in [2.24, 2.45) is 0 Å². The monoisotopic (exact) mass is 370 g/mol. The average molecular weight is 370 g/mol. The third-order valence-electron chi connectivity index (χ3n) is 3.79. The number of rotatable bonds is 9. The van der Waals surface area contributed by atoms with Crippen LogP contribution in [0.25, 0.3) is 0 Å². The molecule has 27 heavy (non-hydrogen) atoms. The number of nitrogens with zero attached hydrogens (tertiary/aromatic N) is 1. The summed E-state index contributed by atoms with van der Waals surface area (Å²) in [5.74, 6) is -1.15. The molecule has 0 unspecified atom stereocenters. The van der Waals surface area contributed by atoms with E-state index >= 15 is 0 Å². The zero-order valence-corrected chi connectivity index (χ0v) is 15.1. The van der Waals surface area contributed by atoms with Gasteiger partial charge in [-0.3, -0.25) is 9.59 Å². The summed E-state index contributed by atoms with van der Waals surface area (Å²) >= 11 is 0. The fourth-order valence-corrected chi connectivity index (χ4v) is 2.41. The Bertz CT molecular complexity index is 775. The number of aliphatic carboxylic acids is 1. The number of carboxylic acid groups (broad SMARTS) is 1. The van der Waals surface area contributed by atoms with E-state index in [0.717, 1.165) is 5.56 Å². The highest BCUT2D eigenvalue weighted by molar-refractivity contribution is 5.94. The van der Waals surface area contributed by atoms with Crippen LogP contribution in [0.3, 0.4) is 0 Å². The SMILES string of the molecule is CC(=O)N(CCc1ccccc1)CC(=O)Nc1ccc(OCC(=O)O)cc1. The molecule has 0 aliphatic heterocycles. The molecule has 0 radical (unpaired) electrons. The minimum Gasteiger partial charge on any atom is -0.482 e. The summed E-state index contributed by atoms with van der Waals surface area (Å²) < 4.78 is 5.03. The van der Waals surface area contributed by atoms with Gasteiger partial charge in [-0.25, -0.2) is 4.79 Å². The summed E-state index contributed by atoms with van der Waals surface area (Å²) in [5.41, 5.74) is 1.63. The molecule has 2 aromatic carbocycles. The predicted molar refractivity (Wildman–Crippen MR) is 101 cm³/mol. The standard InChI is InChI=1S/C20H22N2O5/c1-15(23)22(12-11-16-5-3-2-4-6-16)13-19(24)21-17-7-9-18(10-8-17)27-14-20(25)26/h2-10H,11-14H2,1H3,(H,21,24)(H,25,26). The Labute approximate surface area is 157 Å². The molecule has 0 saturated carbocycles. The van der Waals surface area contributed by atoms with E-state index in [1.165, 1.54) is 11.8 Å². The van der Waals surface area contributed by atoms with Gasteiger partial charge in [-0.05, 0) is 36.2 Å². The van der Waals surface area contributed by atoms with Gasteiger partial charge in [-0.2, -0.15) is 0 Å². The van der Waals surface area contributed by atoms with E-state index in [9.17, 15) is 14.4 Å². The first-order chi connectivity index (χ1) is 12.9. The number of hydrogen-bond acceptors (Lipinski definition) is 4. The van der Waals surface area contributed by atoms with Gasteiger partial charge in [0, 0.05) is 19.2 Å². The Hall–Kier alpha value is -3.35. The smallest absolute Gasteiger partial charge is 0.341 e. The van der Waals surface area contributed by atoms with E-state index in [4.69, 9.17) is 9.84 Å². The van der Waals surface area contributed by atoms with Gasteiger partial charge in [0.1, 0.15) is 5.75 Å². The Morgan fingerprint density at radius 3 is 2.30 bits per heavy atom. The lowest BCUT2D eigenvalue weighted by atomic mass is 10.1. The average Bonchev–Trinajstić information content (AvgIpc) is 2.65. The van der Waals surface area contributed by atoms with Crippen LogP contribution < -0.4 is 10.1 Å². The van der Waals surface area contributed by atoms with Crippen molar-refractivity contribution in [3.63, 3.8) is 0 Å². The van der Waals surface area contributed by atoms with Crippen molar-refractivity contribution in [3.8, 4) is 5.75 Å². The van der Waals surface area contributed by atoms with Crippen LogP contribution in [0.1, 0.15) is 12.5 Å². The van der Waals surface area contributed by atoms with E-state index < -0.39 is 12.6 Å². The quantitative estimate of drug-likeness (QED) is 0.705. The van der Waals surface area contributed by atoms with Crippen molar-refractivity contribution in [1.82, 2.24) is 4.90 Å². The lowest BCUT2D eigenvalue weighted by Gasteiger charge is -2.20. The number of hydrogen-bond donors (Lipinski definition) is 2. The van der Waals surface area contributed by atoms with Crippen LogP contribution in [0.5, 0.6) is 5.75 Å². The zero-order valence-electron chi connectivity index (χ0n) is 15.1. The summed E-state index contributed by atoms with van der Waals surface area (Å²) in [5, 5.41) is 11.3. The van der Waals surface area contributed by atoms with Gasteiger partial charge in [-0.1, -0.05) is 30.3 Å². The van der Waals surface area contributed by atoms with E-state index in [1.807, 2.05) is 30.3 Å². The van der Waals surface area contributed by atoms with E-state index in [2.05, 4.69) is 5.32 Å². The number of carbonyl (C=O) groups excluding carboxylic acids is 2. The molecule has 0 saturated heterocycles. The summed E-state index contributed by atoms with van der Waals surface area (Å²) in [6, 6.07) is 16.1. The largest absolute Gasteiger partial charge is 0.482 e. The maximum Gasteiger partial charge on any atom is 0.341 e. The first kappa shape index (κ1) is 20.0. The number of anilines is 1. The van der Waals surface area contributed by atoms with Gasteiger partial charge in [0.05, 0.1) is 6.54 Å². The number of amides is 2. The molecule has 2 N–H and O–H groups in total. The fourth-order valence-electron chi connectivity index (χ4n) is 2.41. The van der Waals surface area contributed by atoms with Crippen molar-refractivity contribution in [3.05, 3.63) is 60.2 Å². The van der Waals surface area contributed by atoms with Gasteiger partial charge < -0.3 is 20.1 Å². The van der Waals surface area contributed by atoms with Crippen molar-refractivity contribution in [2.45, 2.75) is 13.3 Å². The van der Waals surface area contributed by atoms with Gasteiger partial charge in [0.2, 0.25) is 11.8 Å². The summed E-state index contributed by atoms with van der Waals surface area (Å²) in [4.78, 5) is 36.0. The van der Waals surface area contributed by atoms with E-state index in [1.54, 1.807) is 24.3 Å². The predicted octanol–water partition coefficient (Wildman–Crippen LogP) is 2.18. The maximum atomic E-state index is 12.2. The minimum atomic E-state index is -1.06. The van der Waals surface area contributed by atoms with Crippen LogP contribution >= 0.6 is 0 Å².